The van der Waals surface area contributed by atoms with Crippen molar-refractivity contribution in [3.63, 3.8) is 0 Å². The van der Waals surface area contributed by atoms with Crippen molar-refractivity contribution in [2.24, 2.45) is 0 Å². The van der Waals surface area contributed by atoms with Gasteiger partial charge in [-0.3, -0.25) is 4.79 Å². The fourth-order valence-electron chi connectivity index (χ4n) is 2.33. The molecule has 3 aromatic rings. The van der Waals surface area contributed by atoms with E-state index in [1.54, 1.807) is 4.68 Å². The smallest absolute Gasteiger partial charge is 0.172 e. The molecule has 2 aromatic carbocycles. The first-order chi connectivity index (χ1) is 10.2. The van der Waals surface area contributed by atoms with Crippen LogP contribution in [0.2, 0.25) is 0 Å². The largest absolute Gasteiger partial charge is 0.296 e. The molecule has 0 aliphatic heterocycles. The second-order valence-corrected chi connectivity index (χ2v) is 5.00. The van der Waals surface area contributed by atoms with Crippen LogP contribution in [0.5, 0.6) is 0 Å². The Morgan fingerprint density at radius 1 is 1.00 bits per heavy atom. The molecule has 0 saturated heterocycles. The zero-order valence-electron chi connectivity index (χ0n) is 11.9. The summed E-state index contributed by atoms with van der Waals surface area (Å²) in [5.74, 6) is 0. The molecule has 4 nitrogen and oxygen atoms in total. The van der Waals surface area contributed by atoms with E-state index in [1.165, 1.54) is 5.56 Å². The van der Waals surface area contributed by atoms with Crippen LogP contribution in [-0.2, 0) is 0 Å². The summed E-state index contributed by atoms with van der Waals surface area (Å²) in [7, 11) is 0. The molecular formula is C17H15N3O. The van der Waals surface area contributed by atoms with Gasteiger partial charge in [-0.1, -0.05) is 47.2 Å². The van der Waals surface area contributed by atoms with Gasteiger partial charge in [0, 0.05) is 5.56 Å². The number of rotatable bonds is 3. The number of aromatic nitrogens is 3. The molecule has 0 aliphatic rings. The number of benzene rings is 2. The Labute approximate surface area is 123 Å². The fourth-order valence-corrected chi connectivity index (χ4v) is 2.33. The van der Waals surface area contributed by atoms with Crippen molar-refractivity contribution < 1.29 is 4.79 Å². The van der Waals surface area contributed by atoms with Gasteiger partial charge < -0.3 is 0 Å². The van der Waals surface area contributed by atoms with Crippen molar-refractivity contribution in [2.45, 2.75) is 13.8 Å². The van der Waals surface area contributed by atoms with E-state index in [0.717, 1.165) is 28.8 Å². The summed E-state index contributed by atoms with van der Waals surface area (Å²) in [6.45, 7) is 4.04. The third-order valence-corrected chi connectivity index (χ3v) is 3.49. The third-order valence-electron chi connectivity index (χ3n) is 3.49. The van der Waals surface area contributed by atoms with Crippen LogP contribution in [-0.4, -0.2) is 21.3 Å². The zero-order chi connectivity index (χ0) is 14.8. The molecule has 3 rings (SSSR count). The molecule has 0 N–H and O–H groups in total. The average Bonchev–Trinajstić information content (AvgIpc) is 2.92. The Kier molecular flexibility index (Phi) is 3.36. The van der Waals surface area contributed by atoms with Crippen molar-refractivity contribution in [2.75, 3.05) is 0 Å². The predicted octanol–water partition coefficient (Wildman–Crippen LogP) is 3.36. The standard InChI is InChI=1S/C17H15N3O/c1-12-7-9-14(10-8-12)20-17(16(11-21)18-19-20)15-6-4-3-5-13(15)2/h3-11H,1-2H3. The molecule has 21 heavy (non-hydrogen) atoms. The molecule has 0 radical (unpaired) electrons. The number of carbonyl (C=O) groups is 1. The Morgan fingerprint density at radius 2 is 1.71 bits per heavy atom. The van der Waals surface area contributed by atoms with E-state index in [0.29, 0.717) is 5.69 Å². The van der Waals surface area contributed by atoms with E-state index in [9.17, 15) is 4.79 Å². The minimum Gasteiger partial charge on any atom is -0.296 e. The van der Waals surface area contributed by atoms with Crippen molar-refractivity contribution in [3.05, 3.63) is 65.4 Å². The molecule has 1 aromatic heterocycles. The molecule has 4 heteroatoms. The minimum absolute atomic E-state index is 0.352. The lowest BCUT2D eigenvalue weighted by atomic mass is 10.0. The van der Waals surface area contributed by atoms with Crippen molar-refractivity contribution in [3.8, 4) is 16.9 Å². The van der Waals surface area contributed by atoms with Gasteiger partial charge in [-0.25, -0.2) is 4.68 Å². The van der Waals surface area contributed by atoms with Crippen LogP contribution in [0.3, 0.4) is 0 Å². The van der Waals surface area contributed by atoms with Gasteiger partial charge in [0.05, 0.1) is 5.69 Å². The monoisotopic (exact) mass is 277 g/mol. The normalized spacial score (nSPS) is 10.6. The lowest BCUT2D eigenvalue weighted by Gasteiger charge is -2.09. The highest BCUT2D eigenvalue weighted by molar-refractivity contribution is 5.84. The summed E-state index contributed by atoms with van der Waals surface area (Å²) in [5, 5.41) is 8.14. The second kappa shape index (κ2) is 5.32. The Hall–Kier alpha value is -2.75. The molecule has 0 fully saturated rings. The van der Waals surface area contributed by atoms with Gasteiger partial charge in [0.2, 0.25) is 0 Å². The van der Waals surface area contributed by atoms with Gasteiger partial charge in [-0.2, -0.15) is 0 Å². The quantitative estimate of drug-likeness (QED) is 0.690. The highest BCUT2D eigenvalue weighted by Gasteiger charge is 2.17. The molecule has 0 aliphatic carbocycles. The van der Waals surface area contributed by atoms with Crippen LogP contribution in [0.15, 0.2) is 48.5 Å². The van der Waals surface area contributed by atoms with Gasteiger partial charge in [-0.15, -0.1) is 5.10 Å². The van der Waals surface area contributed by atoms with Crippen molar-refractivity contribution >= 4 is 6.29 Å². The summed E-state index contributed by atoms with van der Waals surface area (Å²) in [6.07, 6.45) is 0.749. The molecule has 0 unspecified atom stereocenters. The Bertz CT molecular complexity index is 788. The first-order valence-corrected chi connectivity index (χ1v) is 6.74. The number of aldehydes is 1. The SMILES string of the molecule is Cc1ccc(-n2nnc(C=O)c2-c2ccccc2C)cc1. The summed E-state index contributed by atoms with van der Waals surface area (Å²) in [6, 6.07) is 15.9. The molecule has 0 bridgehead atoms. The molecule has 0 saturated carbocycles. The van der Waals surface area contributed by atoms with Gasteiger partial charge in [-0.05, 0) is 31.5 Å². The van der Waals surface area contributed by atoms with Crippen molar-refractivity contribution in [1.82, 2.24) is 15.0 Å². The first kappa shape index (κ1) is 13.2. The molecule has 104 valence electrons. The molecule has 0 atom stereocenters. The Morgan fingerprint density at radius 3 is 2.38 bits per heavy atom. The maximum Gasteiger partial charge on any atom is 0.172 e. The van der Waals surface area contributed by atoms with E-state index in [-0.39, 0.29) is 0 Å². The lowest BCUT2D eigenvalue weighted by molar-refractivity contribution is 0.111. The van der Waals surface area contributed by atoms with E-state index in [4.69, 9.17) is 0 Å². The van der Waals surface area contributed by atoms with Crippen LogP contribution in [0.1, 0.15) is 21.6 Å². The zero-order valence-corrected chi connectivity index (χ0v) is 11.9. The van der Waals surface area contributed by atoms with E-state index in [1.807, 2.05) is 62.4 Å². The van der Waals surface area contributed by atoms with Crippen LogP contribution >= 0.6 is 0 Å². The maximum atomic E-state index is 11.3. The molecule has 0 amide bonds. The highest BCUT2D eigenvalue weighted by Crippen LogP contribution is 2.27. The topological polar surface area (TPSA) is 47.8 Å². The summed E-state index contributed by atoms with van der Waals surface area (Å²) >= 11 is 0. The Balaban J connectivity index is 2.24. The summed E-state index contributed by atoms with van der Waals surface area (Å²) in [5.41, 5.74) is 5.18. The molecule has 0 spiro atoms. The van der Waals surface area contributed by atoms with Crippen LogP contribution in [0.4, 0.5) is 0 Å². The van der Waals surface area contributed by atoms with Gasteiger partial charge >= 0.3 is 0 Å². The first-order valence-electron chi connectivity index (χ1n) is 6.74. The van der Waals surface area contributed by atoms with Crippen LogP contribution < -0.4 is 0 Å². The van der Waals surface area contributed by atoms with E-state index < -0.39 is 0 Å². The minimum atomic E-state index is 0.352. The average molecular weight is 277 g/mol. The van der Waals surface area contributed by atoms with Crippen LogP contribution in [0, 0.1) is 13.8 Å². The van der Waals surface area contributed by atoms with Gasteiger partial charge in [0.15, 0.2) is 12.0 Å². The highest BCUT2D eigenvalue weighted by atomic mass is 16.1. The molecular weight excluding hydrogens is 262 g/mol. The van der Waals surface area contributed by atoms with E-state index in [2.05, 4.69) is 10.3 Å². The van der Waals surface area contributed by atoms with Crippen LogP contribution in [0.25, 0.3) is 16.9 Å². The summed E-state index contributed by atoms with van der Waals surface area (Å²) in [4.78, 5) is 11.3. The number of aryl methyl sites for hydroxylation is 2. The number of hydrogen-bond donors (Lipinski definition) is 0. The van der Waals surface area contributed by atoms with Crippen molar-refractivity contribution in [1.29, 1.82) is 0 Å². The second-order valence-electron chi connectivity index (χ2n) is 5.00. The lowest BCUT2D eigenvalue weighted by Crippen LogP contribution is -2.01. The summed E-state index contributed by atoms with van der Waals surface area (Å²) < 4.78 is 1.71. The third kappa shape index (κ3) is 2.36. The van der Waals surface area contributed by atoms with E-state index >= 15 is 0 Å². The maximum absolute atomic E-state index is 11.3. The van der Waals surface area contributed by atoms with Gasteiger partial charge in [0.1, 0.15) is 5.69 Å². The number of hydrogen-bond acceptors (Lipinski definition) is 3. The molecule has 1 heterocycles. The fraction of sp³-hybridized carbons (Fsp3) is 0.118. The number of nitrogens with zero attached hydrogens (tertiary/aromatic N) is 3. The number of carbonyl (C=O) groups excluding carboxylic acids is 1. The van der Waals surface area contributed by atoms with Gasteiger partial charge in [0.25, 0.3) is 0 Å². The predicted molar refractivity (Wildman–Crippen MR) is 81.7 cm³/mol.